The zero-order valence-corrected chi connectivity index (χ0v) is 12.0. The second kappa shape index (κ2) is 5.57. The standard InChI is InChI=1S/C14H27N3O/c1-4-16-14(2,3)13(18)15-9-11-7-8-17(10-11)12-5-6-12/h11-12,16H,4-10H2,1-3H3,(H,15,18). The molecule has 1 atom stereocenters. The van der Waals surface area contributed by atoms with Gasteiger partial charge in [-0.25, -0.2) is 0 Å². The Kier molecular flexibility index (Phi) is 4.28. The summed E-state index contributed by atoms with van der Waals surface area (Å²) in [6.07, 6.45) is 4.00. The second-order valence-electron chi connectivity index (χ2n) is 6.25. The van der Waals surface area contributed by atoms with Crippen molar-refractivity contribution >= 4 is 5.91 Å². The monoisotopic (exact) mass is 253 g/mol. The third kappa shape index (κ3) is 3.45. The molecule has 2 N–H and O–H groups in total. The van der Waals surface area contributed by atoms with Gasteiger partial charge in [0.2, 0.25) is 5.91 Å². The van der Waals surface area contributed by atoms with Crippen molar-refractivity contribution in [1.82, 2.24) is 15.5 Å². The Morgan fingerprint density at radius 2 is 2.06 bits per heavy atom. The third-order valence-electron chi connectivity index (χ3n) is 4.12. The molecule has 1 aliphatic carbocycles. The maximum atomic E-state index is 12.1. The lowest BCUT2D eigenvalue weighted by Gasteiger charge is -2.25. The summed E-state index contributed by atoms with van der Waals surface area (Å²) >= 11 is 0. The van der Waals surface area contributed by atoms with Gasteiger partial charge in [-0.2, -0.15) is 0 Å². The average Bonchev–Trinajstić information content (AvgIpc) is 3.06. The van der Waals surface area contributed by atoms with E-state index in [1.165, 1.54) is 32.4 Å². The molecule has 2 aliphatic rings. The summed E-state index contributed by atoms with van der Waals surface area (Å²) in [4.78, 5) is 14.6. The number of nitrogens with one attached hydrogen (secondary N) is 2. The van der Waals surface area contributed by atoms with Crippen LogP contribution in [-0.2, 0) is 4.79 Å². The van der Waals surface area contributed by atoms with E-state index in [4.69, 9.17) is 0 Å². The molecule has 2 rings (SSSR count). The first-order valence-corrected chi connectivity index (χ1v) is 7.30. The van der Waals surface area contributed by atoms with Crippen LogP contribution in [-0.4, -0.2) is 48.6 Å². The van der Waals surface area contributed by atoms with Crippen molar-refractivity contribution in [2.75, 3.05) is 26.2 Å². The molecule has 0 radical (unpaired) electrons. The molecule has 1 amide bonds. The van der Waals surface area contributed by atoms with Crippen molar-refractivity contribution in [2.45, 2.75) is 51.6 Å². The number of nitrogens with zero attached hydrogens (tertiary/aromatic N) is 1. The van der Waals surface area contributed by atoms with Crippen LogP contribution in [0.1, 0.15) is 40.0 Å². The van der Waals surface area contributed by atoms with Crippen LogP contribution < -0.4 is 10.6 Å². The van der Waals surface area contributed by atoms with Gasteiger partial charge in [-0.3, -0.25) is 4.79 Å². The lowest BCUT2D eigenvalue weighted by Crippen LogP contribution is -2.53. The Bertz CT molecular complexity index is 299. The van der Waals surface area contributed by atoms with E-state index in [9.17, 15) is 4.79 Å². The molecule has 1 saturated heterocycles. The first-order chi connectivity index (χ1) is 8.53. The minimum absolute atomic E-state index is 0.120. The van der Waals surface area contributed by atoms with Gasteiger partial charge >= 0.3 is 0 Å². The molecule has 0 spiro atoms. The largest absolute Gasteiger partial charge is 0.354 e. The van der Waals surface area contributed by atoms with Crippen molar-refractivity contribution in [1.29, 1.82) is 0 Å². The third-order valence-corrected chi connectivity index (χ3v) is 4.12. The van der Waals surface area contributed by atoms with Crippen LogP contribution in [0.15, 0.2) is 0 Å². The molecule has 1 aliphatic heterocycles. The lowest BCUT2D eigenvalue weighted by atomic mass is 10.0. The highest BCUT2D eigenvalue weighted by molar-refractivity contribution is 5.85. The van der Waals surface area contributed by atoms with Gasteiger partial charge in [0, 0.05) is 19.1 Å². The molecule has 2 fully saturated rings. The SMILES string of the molecule is CCNC(C)(C)C(=O)NCC1CCN(C2CC2)C1. The molecule has 0 aromatic rings. The molecule has 0 bridgehead atoms. The molecule has 0 aromatic heterocycles. The van der Waals surface area contributed by atoms with Gasteiger partial charge in [0.1, 0.15) is 0 Å². The summed E-state index contributed by atoms with van der Waals surface area (Å²) in [7, 11) is 0. The van der Waals surface area contributed by atoms with Gasteiger partial charge < -0.3 is 15.5 Å². The van der Waals surface area contributed by atoms with E-state index in [0.717, 1.165) is 19.1 Å². The van der Waals surface area contributed by atoms with Crippen LogP contribution in [0.5, 0.6) is 0 Å². The van der Waals surface area contributed by atoms with Gasteiger partial charge in [-0.1, -0.05) is 6.92 Å². The molecule has 104 valence electrons. The zero-order chi connectivity index (χ0) is 13.2. The van der Waals surface area contributed by atoms with E-state index in [1.807, 2.05) is 20.8 Å². The van der Waals surface area contributed by atoms with Crippen LogP contribution in [0, 0.1) is 5.92 Å². The second-order valence-corrected chi connectivity index (χ2v) is 6.25. The Hall–Kier alpha value is -0.610. The summed E-state index contributed by atoms with van der Waals surface area (Å²) < 4.78 is 0. The maximum absolute atomic E-state index is 12.1. The highest BCUT2D eigenvalue weighted by Crippen LogP contribution is 2.31. The van der Waals surface area contributed by atoms with Crippen molar-refractivity contribution in [3.05, 3.63) is 0 Å². The molecule has 0 aromatic carbocycles. The minimum atomic E-state index is -0.455. The Morgan fingerprint density at radius 3 is 2.67 bits per heavy atom. The molecular weight excluding hydrogens is 226 g/mol. The first kappa shape index (κ1) is 13.8. The van der Waals surface area contributed by atoms with Crippen LogP contribution >= 0.6 is 0 Å². The fourth-order valence-electron chi connectivity index (χ4n) is 2.78. The summed E-state index contributed by atoms with van der Waals surface area (Å²) in [6, 6.07) is 0.865. The van der Waals surface area contributed by atoms with Crippen LogP contribution in [0.25, 0.3) is 0 Å². The number of carbonyl (C=O) groups excluding carboxylic acids is 1. The molecular formula is C14H27N3O. The molecule has 18 heavy (non-hydrogen) atoms. The van der Waals surface area contributed by atoms with Crippen LogP contribution in [0.3, 0.4) is 0 Å². The maximum Gasteiger partial charge on any atom is 0.239 e. The number of carbonyl (C=O) groups is 1. The molecule has 1 saturated carbocycles. The van der Waals surface area contributed by atoms with E-state index >= 15 is 0 Å². The zero-order valence-electron chi connectivity index (χ0n) is 12.0. The van der Waals surface area contributed by atoms with Gasteiger partial charge in [-0.05, 0) is 52.1 Å². The Morgan fingerprint density at radius 1 is 1.33 bits per heavy atom. The highest BCUT2D eigenvalue weighted by atomic mass is 16.2. The predicted molar refractivity (Wildman–Crippen MR) is 73.5 cm³/mol. The Labute approximate surface area is 110 Å². The lowest BCUT2D eigenvalue weighted by molar-refractivity contribution is -0.126. The van der Waals surface area contributed by atoms with Gasteiger partial charge in [-0.15, -0.1) is 0 Å². The number of amides is 1. The normalized spacial score (nSPS) is 25.4. The summed E-state index contributed by atoms with van der Waals surface area (Å²) in [5.74, 6) is 0.765. The van der Waals surface area contributed by atoms with Gasteiger partial charge in [0.05, 0.1) is 5.54 Å². The number of rotatable bonds is 6. The number of likely N-dealkylation sites (N-methyl/N-ethyl adjacent to an activating group) is 1. The molecule has 1 heterocycles. The summed E-state index contributed by atoms with van der Waals surface area (Å²) in [5, 5.41) is 6.31. The summed E-state index contributed by atoms with van der Waals surface area (Å²) in [5.41, 5.74) is -0.455. The van der Waals surface area contributed by atoms with Crippen molar-refractivity contribution < 1.29 is 4.79 Å². The van der Waals surface area contributed by atoms with Crippen LogP contribution in [0.4, 0.5) is 0 Å². The highest BCUT2D eigenvalue weighted by Gasteiger charge is 2.35. The van der Waals surface area contributed by atoms with E-state index < -0.39 is 5.54 Å². The molecule has 1 unspecified atom stereocenters. The number of hydrogen-bond acceptors (Lipinski definition) is 3. The average molecular weight is 253 g/mol. The molecule has 4 heteroatoms. The van der Waals surface area contributed by atoms with Crippen molar-refractivity contribution in [3.8, 4) is 0 Å². The first-order valence-electron chi connectivity index (χ1n) is 7.30. The smallest absolute Gasteiger partial charge is 0.239 e. The van der Waals surface area contributed by atoms with Crippen LogP contribution in [0.2, 0.25) is 0 Å². The topological polar surface area (TPSA) is 44.4 Å². The van der Waals surface area contributed by atoms with Gasteiger partial charge in [0.15, 0.2) is 0 Å². The van der Waals surface area contributed by atoms with E-state index in [1.54, 1.807) is 0 Å². The van der Waals surface area contributed by atoms with E-state index in [-0.39, 0.29) is 5.91 Å². The van der Waals surface area contributed by atoms with Gasteiger partial charge in [0.25, 0.3) is 0 Å². The number of hydrogen-bond donors (Lipinski definition) is 2. The minimum Gasteiger partial charge on any atom is -0.354 e. The van der Waals surface area contributed by atoms with Crippen molar-refractivity contribution in [2.24, 2.45) is 5.92 Å². The van der Waals surface area contributed by atoms with Crippen molar-refractivity contribution in [3.63, 3.8) is 0 Å². The van der Waals surface area contributed by atoms with E-state index in [0.29, 0.717) is 5.92 Å². The quantitative estimate of drug-likeness (QED) is 0.741. The predicted octanol–water partition coefficient (Wildman–Crippen LogP) is 0.975. The van der Waals surface area contributed by atoms with E-state index in [2.05, 4.69) is 15.5 Å². The fourth-order valence-corrected chi connectivity index (χ4v) is 2.78. The Balaban J connectivity index is 1.69. The fraction of sp³-hybridized carbons (Fsp3) is 0.929. The molecule has 4 nitrogen and oxygen atoms in total. The number of likely N-dealkylation sites (tertiary alicyclic amines) is 1. The summed E-state index contributed by atoms with van der Waals surface area (Å²) in [6.45, 7) is 9.96.